The van der Waals surface area contributed by atoms with Crippen LogP contribution in [0.3, 0.4) is 0 Å². The highest BCUT2D eigenvalue weighted by molar-refractivity contribution is 6.13. The summed E-state index contributed by atoms with van der Waals surface area (Å²) in [6.45, 7) is 3.77. The van der Waals surface area contributed by atoms with Crippen molar-refractivity contribution < 1.29 is 36.7 Å². The molecule has 2 N–H and O–H groups in total. The van der Waals surface area contributed by atoms with E-state index in [1.165, 1.54) is 24.3 Å². The fraction of sp³-hybridized carbons (Fsp3) is 0.371. The van der Waals surface area contributed by atoms with Gasteiger partial charge in [0.2, 0.25) is 0 Å². The zero-order valence-electron chi connectivity index (χ0n) is 26.7. The Hall–Kier alpha value is -4.94. The molecule has 252 valence electrons. The molecule has 1 aromatic heterocycles. The van der Waals surface area contributed by atoms with Crippen LogP contribution in [0.5, 0.6) is 0 Å². The summed E-state index contributed by atoms with van der Waals surface area (Å²) < 4.78 is 60.3. The van der Waals surface area contributed by atoms with Crippen LogP contribution in [-0.2, 0) is 22.5 Å². The van der Waals surface area contributed by atoms with Crippen LogP contribution in [0.2, 0.25) is 0 Å². The molecule has 6 rings (SSSR count). The van der Waals surface area contributed by atoms with Crippen LogP contribution < -0.4 is 15.5 Å². The summed E-state index contributed by atoms with van der Waals surface area (Å²) in [7, 11) is 0. The van der Waals surface area contributed by atoms with E-state index in [0.29, 0.717) is 11.4 Å². The maximum Gasteiger partial charge on any atom is 0.408 e. The number of carbonyl (C=O) groups is 3. The summed E-state index contributed by atoms with van der Waals surface area (Å²) in [6.07, 6.45) is -0.896. The number of benzene rings is 3. The average molecular weight is 666 g/mol. The molecular weight excluding hydrogens is 630 g/mol. The third kappa shape index (κ3) is 7.14. The van der Waals surface area contributed by atoms with Gasteiger partial charge in [-0.05, 0) is 94.5 Å². The molecule has 9 nitrogen and oxygen atoms in total. The molecule has 0 radical (unpaired) electrons. The van der Waals surface area contributed by atoms with Crippen LogP contribution in [0, 0.1) is 5.82 Å². The SMILES string of the molecule is CC(C)(C)OC(=O)Cc1cc(F)ccc1NC(=O)c1ccc(N2C3CCC2CC3)c(NC(=O)c2nn(CC(F)(F)F)c3ccccc23)c1. The molecule has 0 unspecified atom stereocenters. The van der Waals surface area contributed by atoms with E-state index in [1.54, 1.807) is 45.0 Å². The third-order valence-corrected chi connectivity index (χ3v) is 8.51. The molecule has 2 aliphatic rings. The predicted molar refractivity (Wildman–Crippen MR) is 173 cm³/mol. The smallest absolute Gasteiger partial charge is 0.408 e. The quantitative estimate of drug-likeness (QED) is 0.152. The summed E-state index contributed by atoms with van der Waals surface area (Å²) in [5.74, 6) is -2.50. The van der Waals surface area contributed by atoms with E-state index in [4.69, 9.17) is 4.74 Å². The second kappa shape index (κ2) is 12.6. The highest BCUT2D eigenvalue weighted by Gasteiger charge is 2.40. The Bertz CT molecular complexity index is 1880. The van der Waals surface area contributed by atoms with Crippen molar-refractivity contribution in [2.24, 2.45) is 0 Å². The Kier molecular flexibility index (Phi) is 8.65. The van der Waals surface area contributed by atoms with Crippen LogP contribution in [0.25, 0.3) is 10.9 Å². The fourth-order valence-corrected chi connectivity index (χ4v) is 6.63. The number of anilines is 3. The lowest BCUT2D eigenvalue weighted by molar-refractivity contribution is -0.154. The van der Waals surface area contributed by atoms with E-state index in [2.05, 4.69) is 20.6 Å². The van der Waals surface area contributed by atoms with Crippen LogP contribution in [0.15, 0.2) is 60.7 Å². The molecule has 3 heterocycles. The third-order valence-electron chi connectivity index (χ3n) is 8.51. The van der Waals surface area contributed by atoms with Gasteiger partial charge in [-0.3, -0.25) is 19.1 Å². The summed E-state index contributed by atoms with van der Waals surface area (Å²) in [5, 5.41) is 9.87. The number of hydrogen-bond donors (Lipinski definition) is 2. The molecule has 2 amide bonds. The molecule has 0 spiro atoms. The number of halogens is 4. The zero-order valence-corrected chi connectivity index (χ0v) is 26.7. The van der Waals surface area contributed by atoms with Crippen molar-refractivity contribution in [2.75, 3.05) is 15.5 Å². The molecule has 0 saturated carbocycles. The van der Waals surface area contributed by atoms with Crippen molar-refractivity contribution in [1.82, 2.24) is 9.78 Å². The van der Waals surface area contributed by atoms with Crippen LogP contribution in [0.1, 0.15) is 72.9 Å². The largest absolute Gasteiger partial charge is 0.460 e. The number of carbonyl (C=O) groups excluding carboxylic acids is 3. The number of nitrogens with one attached hydrogen (secondary N) is 2. The van der Waals surface area contributed by atoms with Crippen LogP contribution in [-0.4, -0.2) is 51.4 Å². The highest BCUT2D eigenvalue weighted by atomic mass is 19.4. The lowest BCUT2D eigenvalue weighted by Gasteiger charge is -2.27. The molecule has 3 aromatic carbocycles. The molecule has 2 aliphatic heterocycles. The molecular formula is C35H35F4N5O4. The second-order valence-electron chi connectivity index (χ2n) is 13.2. The molecule has 2 bridgehead atoms. The first-order valence-electron chi connectivity index (χ1n) is 15.7. The Morgan fingerprint density at radius 1 is 0.875 bits per heavy atom. The Morgan fingerprint density at radius 2 is 1.54 bits per heavy atom. The Labute approximate surface area is 274 Å². The van der Waals surface area contributed by atoms with Crippen molar-refractivity contribution in [2.45, 2.75) is 83.3 Å². The van der Waals surface area contributed by atoms with E-state index in [-0.39, 0.29) is 51.9 Å². The van der Waals surface area contributed by atoms with Crippen molar-refractivity contribution >= 4 is 45.7 Å². The van der Waals surface area contributed by atoms with E-state index in [1.807, 2.05) is 0 Å². The van der Waals surface area contributed by atoms with Gasteiger partial charge >= 0.3 is 12.1 Å². The molecule has 0 aliphatic carbocycles. The summed E-state index contributed by atoms with van der Waals surface area (Å²) in [4.78, 5) is 42.1. The monoisotopic (exact) mass is 665 g/mol. The van der Waals surface area contributed by atoms with E-state index < -0.39 is 41.9 Å². The number of aromatic nitrogens is 2. The van der Waals surface area contributed by atoms with Crippen molar-refractivity contribution in [3.8, 4) is 0 Å². The van der Waals surface area contributed by atoms with Gasteiger partial charge in [-0.1, -0.05) is 18.2 Å². The van der Waals surface area contributed by atoms with Gasteiger partial charge in [0.25, 0.3) is 11.8 Å². The van der Waals surface area contributed by atoms with Gasteiger partial charge < -0.3 is 20.3 Å². The Morgan fingerprint density at radius 3 is 2.21 bits per heavy atom. The normalized spacial score (nSPS) is 17.5. The number of rotatable bonds is 8. The van der Waals surface area contributed by atoms with E-state index in [9.17, 15) is 31.9 Å². The van der Waals surface area contributed by atoms with Crippen LogP contribution >= 0.6 is 0 Å². The standard InChI is InChI=1S/C35H35F4N5O4/c1-34(2,3)48-30(45)18-21-16-22(36)9-14-26(21)40-32(46)20-8-15-29(44-23-10-11-24(44)13-12-23)27(17-20)41-33(47)31-25-6-4-5-7-28(25)43(42-31)19-35(37,38)39/h4-9,14-17,23-24H,10-13,18-19H2,1-3H3,(H,40,46)(H,41,47). The van der Waals surface area contributed by atoms with Crippen molar-refractivity contribution in [3.05, 3.63) is 83.3 Å². The molecule has 0 atom stereocenters. The van der Waals surface area contributed by atoms with Gasteiger partial charge in [0.05, 0.1) is 23.3 Å². The molecule has 48 heavy (non-hydrogen) atoms. The van der Waals surface area contributed by atoms with Crippen LogP contribution in [0.4, 0.5) is 34.6 Å². The molecule has 4 aromatic rings. The zero-order chi connectivity index (χ0) is 34.4. The summed E-state index contributed by atoms with van der Waals surface area (Å²) in [6, 6.07) is 15.2. The summed E-state index contributed by atoms with van der Waals surface area (Å²) in [5.41, 5.74) is 0.795. The predicted octanol–water partition coefficient (Wildman–Crippen LogP) is 7.26. The minimum absolute atomic E-state index is 0.153. The molecule has 13 heteroatoms. The average Bonchev–Trinajstić information content (AvgIpc) is 3.70. The first-order valence-corrected chi connectivity index (χ1v) is 15.7. The second-order valence-corrected chi connectivity index (χ2v) is 13.2. The van der Waals surface area contributed by atoms with Gasteiger partial charge in [-0.25, -0.2) is 4.39 Å². The number of para-hydroxylation sites is 1. The minimum atomic E-state index is -4.55. The molecule has 2 saturated heterocycles. The summed E-state index contributed by atoms with van der Waals surface area (Å²) >= 11 is 0. The number of ether oxygens (including phenoxy) is 1. The van der Waals surface area contributed by atoms with Crippen molar-refractivity contribution in [1.29, 1.82) is 0 Å². The first kappa shape index (κ1) is 33.0. The minimum Gasteiger partial charge on any atom is -0.460 e. The number of fused-ring (bicyclic) bond motifs is 3. The van der Waals surface area contributed by atoms with Gasteiger partial charge in [-0.2, -0.15) is 18.3 Å². The topological polar surface area (TPSA) is 106 Å². The highest BCUT2D eigenvalue weighted by Crippen LogP contribution is 2.44. The maximum atomic E-state index is 14.2. The maximum absolute atomic E-state index is 14.2. The van der Waals surface area contributed by atoms with Gasteiger partial charge in [0.15, 0.2) is 5.69 Å². The number of amides is 2. The van der Waals surface area contributed by atoms with Gasteiger partial charge in [-0.15, -0.1) is 0 Å². The number of hydrogen-bond acceptors (Lipinski definition) is 6. The van der Waals surface area contributed by atoms with Gasteiger partial charge in [0, 0.05) is 28.7 Å². The Balaban J connectivity index is 1.32. The van der Waals surface area contributed by atoms with E-state index in [0.717, 1.165) is 42.5 Å². The van der Waals surface area contributed by atoms with Gasteiger partial charge in [0.1, 0.15) is 18.0 Å². The number of esters is 1. The number of alkyl halides is 3. The lowest BCUT2D eigenvalue weighted by atomic mass is 10.0. The van der Waals surface area contributed by atoms with Crippen molar-refractivity contribution in [3.63, 3.8) is 0 Å². The van der Waals surface area contributed by atoms with E-state index >= 15 is 0 Å². The lowest BCUT2D eigenvalue weighted by Crippen LogP contribution is -2.29. The number of nitrogens with zero attached hydrogens (tertiary/aromatic N) is 3. The molecule has 2 fully saturated rings. The first-order chi connectivity index (χ1) is 22.6. The fourth-order valence-electron chi connectivity index (χ4n) is 6.63.